The fourth-order valence-corrected chi connectivity index (χ4v) is 4.26. The van der Waals surface area contributed by atoms with Crippen LogP contribution in [0.5, 0.6) is 0 Å². The second-order valence-electron chi connectivity index (χ2n) is 7.46. The molecular formula is C20H28FN3O5S. The Bertz CT molecular complexity index is 839. The molecule has 0 saturated carbocycles. The first-order valence-corrected chi connectivity index (χ1v) is 11.5. The molecule has 8 nitrogen and oxygen atoms in total. The molecule has 1 aliphatic heterocycles. The highest BCUT2D eigenvalue weighted by molar-refractivity contribution is 7.87. The molecule has 1 fully saturated rings. The minimum Gasteiger partial charge on any atom is -0.370 e. The lowest BCUT2D eigenvalue weighted by Gasteiger charge is -2.33. The molecule has 1 aliphatic rings. The predicted molar refractivity (Wildman–Crippen MR) is 109 cm³/mol. The van der Waals surface area contributed by atoms with E-state index in [4.69, 9.17) is 5.73 Å². The third-order valence-electron chi connectivity index (χ3n) is 5.18. The van der Waals surface area contributed by atoms with Crippen molar-refractivity contribution in [2.75, 3.05) is 13.1 Å². The Morgan fingerprint density at radius 3 is 2.33 bits per heavy atom. The second-order valence-corrected chi connectivity index (χ2v) is 9.08. The van der Waals surface area contributed by atoms with Gasteiger partial charge in [0.05, 0.1) is 5.25 Å². The molecule has 1 atom stereocenters. The summed E-state index contributed by atoms with van der Waals surface area (Å²) in [7, 11) is -4.64. The lowest BCUT2D eigenvalue weighted by molar-refractivity contribution is -0.137. The van der Waals surface area contributed by atoms with Crippen LogP contribution in [0, 0.1) is 0 Å². The smallest absolute Gasteiger partial charge is 0.305 e. The molecule has 1 saturated heterocycles. The molecule has 3 N–H and O–H groups in total. The topological polar surface area (TPSA) is 127 Å². The lowest BCUT2D eigenvalue weighted by atomic mass is 10.0. The molecule has 1 heterocycles. The van der Waals surface area contributed by atoms with Crippen LogP contribution in [0.25, 0.3) is 0 Å². The van der Waals surface area contributed by atoms with Crippen LogP contribution in [0.2, 0.25) is 0 Å². The third-order valence-corrected chi connectivity index (χ3v) is 6.44. The van der Waals surface area contributed by atoms with Gasteiger partial charge in [0.15, 0.2) is 0 Å². The van der Waals surface area contributed by atoms with E-state index in [2.05, 4.69) is 5.32 Å². The van der Waals surface area contributed by atoms with E-state index in [-0.39, 0.29) is 51.1 Å². The fourth-order valence-electron chi connectivity index (χ4n) is 3.49. The van der Waals surface area contributed by atoms with Crippen LogP contribution < -0.4 is 11.1 Å². The first kappa shape index (κ1) is 23.8. The van der Waals surface area contributed by atoms with E-state index < -0.39 is 33.3 Å². The van der Waals surface area contributed by atoms with Crippen molar-refractivity contribution in [2.45, 2.75) is 56.2 Å². The standard InChI is InChI=1S/C20H28FN3O5S/c21-30(28,29)16-11-13-24(14-12-16)20(27)17(9-10-18(22)25)23-19(26)8-4-7-15-5-2-1-3-6-15/h1-3,5-6,16-17H,4,7-14H2,(H2,22,25)(H,23,26). The normalized spacial score (nSPS) is 16.1. The van der Waals surface area contributed by atoms with Crippen molar-refractivity contribution in [3.05, 3.63) is 35.9 Å². The van der Waals surface area contributed by atoms with Crippen LogP contribution in [-0.4, -0.2) is 55.4 Å². The fraction of sp³-hybridized carbons (Fsp3) is 0.550. The summed E-state index contributed by atoms with van der Waals surface area (Å²) in [6.45, 7) is 0.146. The lowest BCUT2D eigenvalue weighted by Crippen LogP contribution is -2.52. The average Bonchev–Trinajstić information content (AvgIpc) is 2.70. The summed E-state index contributed by atoms with van der Waals surface area (Å²) in [5.41, 5.74) is 6.28. The number of halogens is 1. The zero-order valence-corrected chi connectivity index (χ0v) is 17.6. The van der Waals surface area contributed by atoms with Crippen LogP contribution in [0.3, 0.4) is 0 Å². The predicted octanol–water partition coefficient (Wildman–Crippen LogP) is 1.05. The minimum absolute atomic E-state index is 0.00185. The largest absolute Gasteiger partial charge is 0.370 e. The number of amides is 3. The second kappa shape index (κ2) is 11.1. The molecule has 1 unspecified atom stereocenters. The number of hydrogen-bond acceptors (Lipinski definition) is 5. The molecule has 1 aromatic carbocycles. The maximum atomic E-state index is 13.1. The highest BCUT2D eigenvalue weighted by Crippen LogP contribution is 2.20. The summed E-state index contributed by atoms with van der Waals surface area (Å²) >= 11 is 0. The molecule has 0 aromatic heterocycles. The molecule has 3 amide bonds. The number of aryl methyl sites for hydroxylation is 1. The van der Waals surface area contributed by atoms with Crippen molar-refractivity contribution >= 4 is 27.9 Å². The Hall–Kier alpha value is -2.49. The van der Waals surface area contributed by atoms with E-state index in [1.54, 1.807) is 0 Å². The number of carbonyl (C=O) groups excluding carboxylic acids is 3. The monoisotopic (exact) mass is 441 g/mol. The molecule has 1 aromatic rings. The summed E-state index contributed by atoms with van der Waals surface area (Å²) < 4.78 is 35.2. The van der Waals surface area contributed by atoms with Gasteiger partial charge in [0.1, 0.15) is 6.04 Å². The third kappa shape index (κ3) is 7.74. The van der Waals surface area contributed by atoms with E-state index in [0.717, 1.165) is 12.0 Å². The first-order valence-electron chi connectivity index (χ1n) is 10.0. The molecule has 0 aliphatic carbocycles. The van der Waals surface area contributed by atoms with Crippen molar-refractivity contribution in [3.8, 4) is 0 Å². The Kier molecular flexibility index (Phi) is 8.76. The Balaban J connectivity index is 1.89. The van der Waals surface area contributed by atoms with E-state index >= 15 is 0 Å². The summed E-state index contributed by atoms with van der Waals surface area (Å²) in [6.07, 6.45) is 1.52. The van der Waals surface area contributed by atoms with Crippen molar-refractivity contribution in [3.63, 3.8) is 0 Å². The zero-order valence-electron chi connectivity index (χ0n) is 16.8. The van der Waals surface area contributed by atoms with Crippen molar-refractivity contribution in [2.24, 2.45) is 5.73 Å². The van der Waals surface area contributed by atoms with Crippen molar-refractivity contribution < 1.29 is 26.7 Å². The SMILES string of the molecule is NC(=O)CCC(NC(=O)CCCc1ccccc1)C(=O)N1CCC(S(=O)(=O)F)CC1. The van der Waals surface area contributed by atoms with Crippen molar-refractivity contribution in [1.29, 1.82) is 0 Å². The zero-order chi connectivity index (χ0) is 22.1. The van der Waals surface area contributed by atoms with Gasteiger partial charge in [-0.05, 0) is 37.7 Å². The van der Waals surface area contributed by atoms with Crippen LogP contribution >= 0.6 is 0 Å². The summed E-state index contributed by atoms with van der Waals surface area (Å²) in [6, 6.07) is 8.77. The molecule has 0 radical (unpaired) electrons. The van der Waals surface area contributed by atoms with Crippen molar-refractivity contribution in [1.82, 2.24) is 10.2 Å². The maximum Gasteiger partial charge on any atom is 0.305 e. The van der Waals surface area contributed by atoms with Crippen LogP contribution in [0.1, 0.15) is 44.1 Å². The summed E-state index contributed by atoms with van der Waals surface area (Å²) in [5, 5.41) is 1.55. The van der Waals surface area contributed by atoms with Gasteiger partial charge >= 0.3 is 10.2 Å². The molecule has 0 spiro atoms. The Morgan fingerprint density at radius 2 is 1.77 bits per heavy atom. The van der Waals surface area contributed by atoms with E-state index in [0.29, 0.717) is 6.42 Å². The number of piperidine rings is 1. The number of nitrogens with one attached hydrogen (secondary N) is 1. The van der Waals surface area contributed by atoms with Gasteiger partial charge in [-0.2, -0.15) is 8.42 Å². The van der Waals surface area contributed by atoms with Gasteiger partial charge in [0.2, 0.25) is 17.7 Å². The number of rotatable bonds is 10. The molecule has 10 heteroatoms. The molecule has 2 rings (SSSR count). The van der Waals surface area contributed by atoms with Gasteiger partial charge in [0, 0.05) is 25.9 Å². The van der Waals surface area contributed by atoms with Gasteiger partial charge in [-0.25, -0.2) is 0 Å². The molecular weight excluding hydrogens is 413 g/mol. The first-order chi connectivity index (χ1) is 14.2. The van der Waals surface area contributed by atoms with Gasteiger partial charge in [-0.1, -0.05) is 30.3 Å². The number of nitrogens with two attached hydrogens (primary N) is 1. The summed E-state index contributed by atoms with van der Waals surface area (Å²) in [5.74, 6) is -1.31. The Morgan fingerprint density at radius 1 is 1.13 bits per heavy atom. The number of hydrogen-bond donors (Lipinski definition) is 2. The van der Waals surface area contributed by atoms with Gasteiger partial charge in [-0.15, -0.1) is 3.89 Å². The van der Waals surface area contributed by atoms with E-state index in [1.807, 2.05) is 30.3 Å². The number of benzene rings is 1. The van der Waals surface area contributed by atoms with Crippen LogP contribution in [0.4, 0.5) is 3.89 Å². The number of nitrogens with zero attached hydrogens (tertiary/aromatic N) is 1. The van der Waals surface area contributed by atoms with Gasteiger partial charge in [0.25, 0.3) is 0 Å². The number of likely N-dealkylation sites (tertiary alicyclic amines) is 1. The van der Waals surface area contributed by atoms with Gasteiger partial charge < -0.3 is 16.0 Å². The molecule has 166 valence electrons. The van der Waals surface area contributed by atoms with E-state index in [9.17, 15) is 26.7 Å². The van der Waals surface area contributed by atoms with Gasteiger partial charge in [-0.3, -0.25) is 14.4 Å². The highest BCUT2D eigenvalue weighted by atomic mass is 32.3. The molecule has 0 bridgehead atoms. The minimum atomic E-state index is -4.64. The van der Waals surface area contributed by atoms with Crippen LogP contribution in [-0.2, 0) is 31.0 Å². The average molecular weight is 442 g/mol. The van der Waals surface area contributed by atoms with E-state index in [1.165, 1.54) is 4.90 Å². The Labute approximate surface area is 176 Å². The number of carbonyl (C=O) groups is 3. The maximum absolute atomic E-state index is 13.1. The van der Waals surface area contributed by atoms with Crippen LogP contribution in [0.15, 0.2) is 30.3 Å². The number of primary amides is 1. The highest BCUT2D eigenvalue weighted by Gasteiger charge is 2.34. The quantitative estimate of drug-likeness (QED) is 0.525. The molecule has 30 heavy (non-hydrogen) atoms. The summed E-state index contributed by atoms with van der Waals surface area (Å²) in [4.78, 5) is 37.7.